The van der Waals surface area contributed by atoms with Crippen LogP contribution in [0, 0.1) is 0 Å². The van der Waals surface area contributed by atoms with E-state index in [1.807, 2.05) is 48.5 Å². The third-order valence-corrected chi connectivity index (χ3v) is 4.73. The van der Waals surface area contributed by atoms with Crippen molar-refractivity contribution in [3.63, 3.8) is 0 Å². The number of aromatic nitrogens is 3. The third-order valence-electron chi connectivity index (χ3n) is 4.73. The quantitative estimate of drug-likeness (QED) is 0.746. The lowest BCUT2D eigenvalue weighted by Crippen LogP contribution is -2.31. The monoisotopic (exact) mass is 333 g/mol. The minimum Gasteiger partial charge on any atom is -0.246 e. The van der Waals surface area contributed by atoms with Crippen molar-refractivity contribution in [1.82, 2.24) is 14.3 Å². The lowest BCUT2D eigenvalue weighted by molar-refractivity contribution is 0.422. The number of allylic oxidation sites excluding steroid dienone is 2. The lowest BCUT2D eigenvalue weighted by Gasteiger charge is -2.19. The fraction of sp³-hybridized carbons (Fsp3) is 0.200. The fourth-order valence-electron chi connectivity index (χ4n) is 3.47. The highest BCUT2D eigenvalue weighted by Gasteiger charge is 2.28. The van der Waals surface area contributed by atoms with E-state index in [0.29, 0.717) is 0 Å². The van der Waals surface area contributed by atoms with E-state index in [0.717, 1.165) is 17.5 Å². The first-order chi connectivity index (χ1) is 12.2. The van der Waals surface area contributed by atoms with Crippen molar-refractivity contribution in [3.8, 4) is 0 Å². The first kappa shape index (κ1) is 15.4. The Morgan fingerprint density at radius 3 is 2.36 bits per heavy atom. The Balaban J connectivity index is 1.69. The molecular weight excluding hydrogens is 314 g/mol. The van der Waals surface area contributed by atoms with Gasteiger partial charge in [0, 0.05) is 5.92 Å². The van der Waals surface area contributed by atoms with E-state index in [-0.39, 0.29) is 29.9 Å². The molecule has 0 bridgehead atoms. The highest BCUT2D eigenvalue weighted by molar-refractivity contribution is 5.28. The minimum atomic E-state index is -0.368. The fourth-order valence-corrected chi connectivity index (χ4v) is 3.47. The van der Waals surface area contributed by atoms with E-state index in [4.69, 9.17) is 0 Å². The Bertz CT molecular complexity index is 997. The highest BCUT2D eigenvalue weighted by atomic mass is 16.2. The SMILES string of the molecule is O=c1[nH]n([C@H]2CC=C[C@@H]2c2ccccc2)c(=O)n1Cc1ccccc1. The zero-order chi connectivity index (χ0) is 17.2. The van der Waals surface area contributed by atoms with Crippen LogP contribution >= 0.6 is 0 Å². The van der Waals surface area contributed by atoms with Crippen LogP contribution in [-0.2, 0) is 6.54 Å². The first-order valence-corrected chi connectivity index (χ1v) is 8.41. The van der Waals surface area contributed by atoms with Crippen LogP contribution in [0.2, 0.25) is 0 Å². The molecule has 0 fully saturated rings. The topological polar surface area (TPSA) is 59.8 Å². The van der Waals surface area contributed by atoms with Crippen LogP contribution < -0.4 is 11.4 Å². The number of benzene rings is 2. The van der Waals surface area contributed by atoms with Crippen LogP contribution in [0.4, 0.5) is 0 Å². The second-order valence-corrected chi connectivity index (χ2v) is 6.31. The maximum Gasteiger partial charge on any atom is 0.347 e. The average Bonchev–Trinajstić information content (AvgIpc) is 3.23. The smallest absolute Gasteiger partial charge is 0.246 e. The van der Waals surface area contributed by atoms with Crippen molar-refractivity contribution >= 4 is 0 Å². The Kier molecular flexibility index (Phi) is 3.98. The van der Waals surface area contributed by atoms with Crippen molar-refractivity contribution < 1.29 is 0 Å². The standard InChI is InChI=1S/C20H19N3O2/c24-19-21-23(20(25)22(19)14-15-8-3-1-4-9-15)18-13-7-12-17(18)16-10-5-2-6-11-16/h1-12,17-18H,13-14H2,(H,21,24)/t17-,18+/m1/s1. The van der Waals surface area contributed by atoms with Crippen LogP contribution in [0.15, 0.2) is 82.4 Å². The van der Waals surface area contributed by atoms with Gasteiger partial charge in [-0.3, -0.25) is 0 Å². The number of aromatic amines is 1. The van der Waals surface area contributed by atoms with Gasteiger partial charge in [0.25, 0.3) is 0 Å². The number of nitrogens with one attached hydrogen (secondary N) is 1. The third kappa shape index (κ3) is 2.89. The second kappa shape index (κ2) is 6.43. The molecule has 2 atom stereocenters. The van der Waals surface area contributed by atoms with Gasteiger partial charge in [-0.05, 0) is 17.5 Å². The van der Waals surface area contributed by atoms with Crippen LogP contribution in [0.3, 0.4) is 0 Å². The van der Waals surface area contributed by atoms with Gasteiger partial charge in [0.05, 0.1) is 12.6 Å². The molecule has 25 heavy (non-hydrogen) atoms. The molecule has 5 nitrogen and oxygen atoms in total. The molecule has 126 valence electrons. The van der Waals surface area contributed by atoms with Gasteiger partial charge < -0.3 is 0 Å². The molecule has 4 rings (SSSR count). The molecule has 3 aromatic rings. The van der Waals surface area contributed by atoms with Gasteiger partial charge in [-0.25, -0.2) is 23.9 Å². The predicted octanol–water partition coefficient (Wildman–Crippen LogP) is 2.67. The molecule has 0 saturated carbocycles. The summed E-state index contributed by atoms with van der Waals surface area (Å²) in [6, 6.07) is 19.5. The molecule has 0 radical (unpaired) electrons. The van der Waals surface area contributed by atoms with Crippen molar-refractivity contribution in [2.24, 2.45) is 0 Å². The van der Waals surface area contributed by atoms with E-state index < -0.39 is 0 Å². The Hall–Kier alpha value is -3.08. The van der Waals surface area contributed by atoms with Crippen LogP contribution in [-0.4, -0.2) is 14.3 Å². The summed E-state index contributed by atoms with van der Waals surface area (Å²) in [6.45, 7) is 0.276. The maximum absolute atomic E-state index is 12.8. The molecule has 5 heteroatoms. The van der Waals surface area contributed by atoms with Crippen LogP contribution in [0.1, 0.15) is 29.5 Å². The van der Waals surface area contributed by atoms with Gasteiger partial charge in [0.15, 0.2) is 0 Å². The summed E-state index contributed by atoms with van der Waals surface area (Å²) in [5, 5.41) is 2.75. The molecule has 0 amide bonds. The number of H-pyrrole nitrogens is 1. The van der Waals surface area contributed by atoms with Gasteiger partial charge >= 0.3 is 11.4 Å². The maximum atomic E-state index is 12.8. The van der Waals surface area contributed by atoms with Gasteiger partial charge in [0.2, 0.25) is 0 Å². The Labute approximate surface area is 144 Å². The van der Waals surface area contributed by atoms with Gasteiger partial charge in [0.1, 0.15) is 0 Å². The largest absolute Gasteiger partial charge is 0.347 e. The molecule has 0 aliphatic heterocycles. The molecular formula is C20H19N3O2. The summed E-state index contributed by atoms with van der Waals surface area (Å²) in [5.41, 5.74) is 1.41. The molecule has 1 aromatic heterocycles. The number of nitrogens with zero attached hydrogens (tertiary/aromatic N) is 2. The van der Waals surface area contributed by atoms with Gasteiger partial charge in [-0.2, -0.15) is 0 Å². The van der Waals surface area contributed by atoms with Crippen LogP contribution in [0.5, 0.6) is 0 Å². The highest BCUT2D eigenvalue weighted by Crippen LogP contribution is 2.36. The Morgan fingerprint density at radius 1 is 0.960 bits per heavy atom. The summed E-state index contributed by atoms with van der Waals surface area (Å²) in [5.74, 6) is 0.0853. The van der Waals surface area contributed by atoms with E-state index in [1.165, 1.54) is 9.25 Å². The Morgan fingerprint density at radius 2 is 1.64 bits per heavy atom. The molecule has 0 saturated heterocycles. The average molecular weight is 333 g/mol. The minimum absolute atomic E-state index is 0.0853. The van der Waals surface area contributed by atoms with Gasteiger partial charge in [-0.1, -0.05) is 72.8 Å². The van der Waals surface area contributed by atoms with Crippen LogP contribution in [0.25, 0.3) is 0 Å². The van der Waals surface area contributed by atoms with Crippen molar-refractivity contribution in [2.45, 2.75) is 24.9 Å². The second-order valence-electron chi connectivity index (χ2n) is 6.31. The van der Waals surface area contributed by atoms with Crippen molar-refractivity contribution in [1.29, 1.82) is 0 Å². The summed E-state index contributed by atoms with van der Waals surface area (Å²) in [6.07, 6.45) is 4.91. The number of rotatable bonds is 4. The van der Waals surface area contributed by atoms with E-state index in [1.54, 1.807) is 0 Å². The molecule has 1 aliphatic carbocycles. The molecule has 0 spiro atoms. The normalized spacial score (nSPS) is 19.4. The summed E-state index contributed by atoms with van der Waals surface area (Å²) < 4.78 is 2.75. The summed E-state index contributed by atoms with van der Waals surface area (Å²) in [4.78, 5) is 25.2. The number of hydrogen-bond donors (Lipinski definition) is 1. The number of hydrogen-bond acceptors (Lipinski definition) is 2. The molecule has 2 aromatic carbocycles. The van der Waals surface area contributed by atoms with E-state index in [2.05, 4.69) is 29.4 Å². The van der Waals surface area contributed by atoms with E-state index in [9.17, 15) is 9.59 Å². The molecule has 1 N–H and O–H groups in total. The van der Waals surface area contributed by atoms with Crippen molar-refractivity contribution in [3.05, 3.63) is 105 Å². The summed E-state index contributed by atoms with van der Waals surface area (Å²) in [7, 11) is 0. The van der Waals surface area contributed by atoms with E-state index >= 15 is 0 Å². The molecule has 1 heterocycles. The predicted molar refractivity (Wildman–Crippen MR) is 96.8 cm³/mol. The lowest BCUT2D eigenvalue weighted by atomic mass is 9.95. The zero-order valence-corrected chi connectivity index (χ0v) is 13.7. The van der Waals surface area contributed by atoms with Crippen molar-refractivity contribution in [2.75, 3.05) is 0 Å². The zero-order valence-electron chi connectivity index (χ0n) is 13.7. The molecule has 1 aliphatic rings. The molecule has 0 unspecified atom stereocenters. The first-order valence-electron chi connectivity index (χ1n) is 8.41. The summed E-state index contributed by atoms with van der Waals surface area (Å²) >= 11 is 0. The van der Waals surface area contributed by atoms with Gasteiger partial charge in [-0.15, -0.1) is 0 Å².